The van der Waals surface area contributed by atoms with Gasteiger partial charge in [-0.1, -0.05) is 32.6 Å². The molecular formula is C21H26N2O4. The van der Waals surface area contributed by atoms with Crippen molar-refractivity contribution in [3.05, 3.63) is 32.8 Å². The molecule has 2 aromatic heterocycles. The monoisotopic (exact) mass is 370 g/mol. The summed E-state index contributed by atoms with van der Waals surface area (Å²) in [5.74, 6) is -0.593. The number of unbranched alkanes of at least 4 members (excludes halogenated alkanes) is 4. The average Bonchev–Trinajstić information content (AvgIpc) is 3.10. The Labute approximate surface area is 158 Å². The van der Waals surface area contributed by atoms with Crippen molar-refractivity contribution in [2.45, 2.75) is 59.3 Å². The number of fused-ring (bicyclic) bond motifs is 2. The first-order valence-corrected chi connectivity index (χ1v) is 9.50. The van der Waals surface area contributed by atoms with Gasteiger partial charge in [-0.3, -0.25) is 4.79 Å². The van der Waals surface area contributed by atoms with Crippen LogP contribution in [0.4, 0.5) is 5.69 Å². The zero-order valence-corrected chi connectivity index (χ0v) is 16.4. The number of aromatic hydroxyl groups is 1. The molecule has 0 atom stereocenters. The summed E-state index contributed by atoms with van der Waals surface area (Å²) in [6.07, 6.45) is 6.53. The Morgan fingerprint density at radius 3 is 2.59 bits per heavy atom. The van der Waals surface area contributed by atoms with E-state index in [1.54, 1.807) is 13.0 Å². The number of carbonyl (C=O) groups is 1. The van der Waals surface area contributed by atoms with Gasteiger partial charge in [-0.15, -0.1) is 0 Å². The summed E-state index contributed by atoms with van der Waals surface area (Å²) >= 11 is 0. The van der Waals surface area contributed by atoms with Crippen LogP contribution in [0.15, 0.2) is 15.9 Å². The number of hydrogen-bond acceptors (Lipinski definition) is 5. The van der Waals surface area contributed by atoms with Crippen molar-refractivity contribution in [1.82, 2.24) is 4.40 Å². The molecule has 6 heteroatoms. The van der Waals surface area contributed by atoms with E-state index in [-0.39, 0.29) is 17.2 Å². The van der Waals surface area contributed by atoms with E-state index >= 15 is 0 Å². The third-order valence-electron chi connectivity index (χ3n) is 5.37. The second kappa shape index (κ2) is 7.55. The minimum absolute atomic E-state index is 0.0272. The van der Waals surface area contributed by atoms with Crippen molar-refractivity contribution in [1.29, 1.82) is 0 Å². The van der Waals surface area contributed by atoms with Crippen molar-refractivity contribution in [2.75, 3.05) is 7.11 Å². The molecule has 2 aromatic rings. The van der Waals surface area contributed by atoms with Crippen LogP contribution in [0.2, 0.25) is 0 Å². The highest BCUT2D eigenvalue weighted by Crippen LogP contribution is 2.30. The molecule has 0 saturated carbocycles. The van der Waals surface area contributed by atoms with Gasteiger partial charge in [0, 0.05) is 5.56 Å². The topological polar surface area (TPSA) is 80.4 Å². The number of aryl methyl sites for hydroxylation is 1. The van der Waals surface area contributed by atoms with Crippen LogP contribution >= 0.6 is 0 Å². The number of pyridine rings is 1. The summed E-state index contributed by atoms with van der Waals surface area (Å²) in [5, 5.41) is 10.9. The van der Waals surface area contributed by atoms with Gasteiger partial charge >= 0.3 is 5.97 Å². The normalized spacial score (nSPS) is 13.2. The fourth-order valence-electron chi connectivity index (χ4n) is 3.80. The summed E-state index contributed by atoms with van der Waals surface area (Å²) in [7, 11) is 1.29. The van der Waals surface area contributed by atoms with E-state index in [2.05, 4.69) is 11.9 Å². The second-order valence-corrected chi connectivity index (χ2v) is 7.10. The van der Waals surface area contributed by atoms with Gasteiger partial charge in [0.15, 0.2) is 5.71 Å². The van der Waals surface area contributed by atoms with Gasteiger partial charge in [-0.25, -0.2) is 14.2 Å². The predicted octanol–water partition coefficient (Wildman–Crippen LogP) is 2.98. The van der Waals surface area contributed by atoms with Crippen LogP contribution in [-0.4, -0.2) is 28.3 Å². The molecule has 0 radical (unpaired) electrons. The number of aliphatic imine (C=N–C) groups is 1. The molecule has 6 nitrogen and oxygen atoms in total. The maximum Gasteiger partial charge on any atom is 0.356 e. The molecular weight excluding hydrogens is 344 g/mol. The predicted molar refractivity (Wildman–Crippen MR) is 106 cm³/mol. The standard InChI is InChI=1S/C21H26N2O4/c1-5-6-7-8-9-10-14-12(2)19(24)23-16(14)11-15-17(20(23)25)13(3)18(22-15)21(26)27-4/h11,24H,5-10H2,1-4H3. The first-order chi connectivity index (χ1) is 12.9. The quantitative estimate of drug-likeness (QED) is 0.600. The molecule has 3 rings (SSSR count). The van der Waals surface area contributed by atoms with E-state index in [1.807, 2.05) is 6.92 Å². The number of rotatable bonds is 7. The maximum absolute atomic E-state index is 13.0. The molecule has 0 aromatic carbocycles. The minimum Gasteiger partial charge on any atom is -0.494 e. The van der Waals surface area contributed by atoms with Crippen molar-refractivity contribution < 1.29 is 14.6 Å². The highest BCUT2D eigenvalue weighted by Gasteiger charge is 2.26. The van der Waals surface area contributed by atoms with Gasteiger partial charge in [0.25, 0.3) is 5.56 Å². The summed E-state index contributed by atoms with van der Waals surface area (Å²) in [6, 6.07) is 1.80. The molecule has 0 fully saturated rings. The summed E-state index contributed by atoms with van der Waals surface area (Å²) < 4.78 is 6.10. The summed E-state index contributed by atoms with van der Waals surface area (Å²) in [5.41, 5.74) is 3.14. The third-order valence-corrected chi connectivity index (χ3v) is 5.37. The third kappa shape index (κ3) is 3.13. The van der Waals surface area contributed by atoms with Crippen LogP contribution < -0.4 is 10.8 Å². The smallest absolute Gasteiger partial charge is 0.356 e. The fourth-order valence-corrected chi connectivity index (χ4v) is 3.80. The Morgan fingerprint density at radius 2 is 1.93 bits per heavy atom. The van der Waals surface area contributed by atoms with Crippen LogP contribution in [-0.2, 0) is 16.0 Å². The van der Waals surface area contributed by atoms with Crippen molar-refractivity contribution in [2.24, 2.45) is 4.99 Å². The SMILES string of the molecule is CCCCCCCc1c(C)c(O)n2c(=O)c3c(cc12)N=C(C(=O)OC)C=3C. The lowest BCUT2D eigenvalue weighted by Crippen LogP contribution is -2.32. The van der Waals surface area contributed by atoms with Crippen LogP contribution in [0.5, 0.6) is 5.88 Å². The van der Waals surface area contributed by atoms with Crippen LogP contribution in [0, 0.1) is 6.92 Å². The lowest BCUT2D eigenvalue weighted by Gasteiger charge is -2.03. The highest BCUT2D eigenvalue weighted by atomic mass is 16.5. The average molecular weight is 370 g/mol. The van der Waals surface area contributed by atoms with Crippen LogP contribution in [0.3, 0.4) is 0 Å². The Bertz CT molecular complexity index is 1050. The fraction of sp³-hybridized carbons (Fsp3) is 0.476. The molecule has 1 N–H and O–H groups in total. The molecule has 144 valence electrons. The summed E-state index contributed by atoms with van der Waals surface area (Å²) in [6.45, 7) is 5.70. The molecule has 0 aliphatic carbocycles. The van der Waals surface area contributed by atoms with Crippen LogP contribution in [0.25, 0.3) is 11.1 Å². The number of hydrogen-bond donors (Lipinski definition) is 1. The van der Waals surface area contributed by atoms with Gasteiger partial charge in [-0.05, 0) is 43.9 Å². The molecule has 0 bridgehead atoms. The molecule has 0 amide bonds. The van der Waals surface area contributed by atoms with Gasteiger partial charge in [0.05, 0.1) is 23.5 Å². The molecule has 1 aliphatic rings. The molecule has 0 saturated heterocycles. The van der Waals surface area contributed by atoms with E-state index in [0.717, 1.165) is 30.4 Å². The lowest BCUT2D eigenvalue weighted by atomic mass is 10.0. The number of carbonyl (C=O) groups excluding carboxylic acids is 1. The summed E-state index contributed by atoms with van der Waals surface area (Å²) in [4.78, 5) is 29.3. The van der Waals surface area contributed by atoms with E-state index in [0.29, 0.717) is 22.0 Å². The lowest BCUT2D eigenvalue weighted by molar-refractivity contribution is -0.132. The first kappa shape index (κ1) is 19.1. The Balaban J connectivity index is 2.09. The second-order valence-electron chi connectivity index (χ2n) is 7.10. The molecule has 27 heavy (non-hydrogen) atoms. The minimum atomic E-state index is -0.565. The maximum atomic E-state index is 13.0. The van der Waals surface area contributed by atoms with E-state index in [1.165, 1.54) is 30.8 Å². The number of esters is 1. The number of ether oxygens (including phenoxy) is 1. The molecule has 3 heterocycles. The largest absolute Gasteiger partial charge is 0.494 e. The van der Waals surface area contributed by atoms with Gasteiger partial charge in [0.1, 0.15) is 0 Å². The Kier molecular flexibility index (Phi) is 5.35. The number of aromatic nitrogens is 1. The number of nitrogens with zero attached hydrogens (tertiary/aromatic N) is 2. The molecule has 0 unspecified atom stereocenters. The number of methoxy groups -OCH3 is 1. The zero-order chi connectivity index (χ0) is 19.7. The molecule has 0 spiro atoms. The van der Waals surface area contributed by atoms with Crippen molar-refractivity contribution in [3.8, 4) is 5.88 Å². The zero-order valence-electron chi connectivity index (χ0n) is 16.4. The van der Waals surface area contributed by atoms with Crippen LogP contribution in [0.1, 0.15) is 57.1 Å². The van der Waals surface area contributed by atoms with Gasteiger partial charge < -0.3 is 9.84 Å². The Morgan fingerprint density at radius 1 is 1.22 bits per heavy atom. The van der Waals surface area contributed by atoms with E-state index in [9.17, 15) is 14.7 Å². The van der Waals surface area contributed by atoms with Gasteiger partial charge in [-0.2, -0.15) is 0 Å². The highest BCUT2D eigenvalue weighted by molar-refractivity contribution is 6.53. The van der Waals surface area contributed by atoms with E-state index < -0.39 is 5.97 Å². The molecule has 1 aliphatic heterocycles. The van der Waals surface area contributed by atoms with E-state index in [4.69, 9.17) is 4.74 Å². The van der Waals surface area contributed by atoms with Crippen molar-refractivity contribution in [3.63, 3.8) is 0 Å². The first-order valence-electron chi connectivity index (χ1n) is 9.50. The Hall–Kier alpha value is -2.63. The van der Waals surface area contributed by atoms with Crippen molar-refractivity contribution >= 4 is 28.5 Å². The van der Waals surface area contributed by atoms with Gasteiger partial charge in [0.2, 0.25) is 5.88 Å².